The first-order valence-electron chi connectivity index (χ1n) is 12.0. The van der Waals surface area contributed by atoms with Gasteiger partial charge in [0.15, 0.2) is 0 Å². The fraction of sp³-hybridized carbons (Fsp3) is 0.593. The molecule has 0 saturated heterocycles. The Balaban J connectivity index is 1.45. The number of benzene rings is 1. The third-order valence-corrected chi connectivity index (χ3v) is 6.06. The highest BCUT2D eigenvalue weighted by Crippen LogP contribution is 2.28. The van der Waals surface area contributed by atoms with E-state index in [1.54, 1.807) is 0 Å². The van der Waals surface area contributed by atoms with Gasteiger partial charge in [0, 0.05) is 18.9 Å². The Bertz CT molecular complexity index is 627. The Labute approximate surface area is 179 Å². The van der Waals surface area contributed by atoms with E-state index in [9.17, 15) is 0 Å². The lowest BCUT2D eigenvalue weighted by Crippen LogP contribution is -1.99. The number of hydrogen-bond donors (Lipinski definition) is 0. The summed E-state index contributed by atoms with van der Waals surface area (Å²) in [6.45, 7) is 7.29. The van der Waals surface area contributed by atoms with E-state index in [1.807, 2.05) is 18.6 Å². The predicted molar refractivity (Wildman–Crippen MR) is 127 cm³/mol. The number of aryl methyl sites for hydroxylation is 1. The zero-order valence-corrected chi connectivity index (χ0v) is 18.7. The molecule has 29 heavy (non-hydrogen) atoms. The standard InChI is InChI=1S/C27H42N2/c1-3-15-26(27-19-17-25(4-2)18-20-27)16-13-11-9-7-5-6-8-10-12-14-22-29-23-21-28-24-29/h4,17-21,23-24,26H,2-3,5-16,22H2,1H3. The first-order chi connectivity index (χ1) is 14.3. The third-order valence-electron chi connectivity index (χ3n) is 6.06. The molecular formula is C27H42N2. The predicted octanol–water partition coefficient (Wildman–Crippen LogP) is 8.40. The Morgan fingerprint density at radius 2 is 1.48 bits per heavy atom. The summed E-state index contributed by atoms with van der Waals surface area (Å²) in [6, 6.07) is 9.05. The number of aromatic nitrogens is 2. The van der Waals surface area contributed by atoms with Gasteiger partial charge in [0.1, 0.15) is 0 Å². The van der Waals surface area contributed by atoms with Crippen LogP contribution < -0.4 is 0 Å². The van der Waals surface area contributed by atoms with Crippen molar-refractivity contribution in [3.05, 3.63) is 60.7 Å². The zero-order valence-electron chi connectivity index (χ0n) is 18.7. The molecule has 1 heterocycles. The van der Waals surface area contributed by atoms with Gasteiger partial charge in [-0.25, -0.2) is 4.98 Å². The van der Waals surface area contributed by atoms with Gasteiger partial charge in [-0.3, -0.25) is 0 Å². The Hall–Kier alpha value is -1.83. The maximum atomic E-state index is 4.09. The number of unbranched alkanes of at least 4 members (excludes halogenated alkanes) is 9. The van der Waals surface area contributed by atoms with Gasteiger partial charge in [-0.05, 0) is 36.3 Å². The molecule has 160 valence electrons. The summed E-state index contributed by atoms with van der Waals surface area (Å²) in [7, 11) is 0. The molecule has 0 amide bonds. The molecule has 1 unspecified atom stereocenters. The van der Waals surface area contributed by atoms with Crippen molar-refractivity contribution < 1.29 is 0 Å². The molecular weight excluding hydrogens is 352 g/mol. The van der Waals surface area contributed by atoms with Gasteiger partial charge in [0.25, 0.3) is 0 Å². The lowest BCUT2D eigenvalue weighted by Gasteiger charge is -2.17. The zero-order chi connectivity index (χ0) is 20.6. The molecule has 0 aliphatic heterocycles. The van der Waals surface area contributed by atoms with Gasteiger partial charge in [-0.1, -0.05) is 108 Å². The molecule has 1 aromatic carbocycles. The summed E-state index contributed by atoms with van der Waals surface area (Å²) in [6.07, 6.45) is 25.6. The second kappa shape index (κ2) is 15.1. The topological polar surface area (TPSA) is 17.8 Å². The second-order valence-electron chi connectivity index (χ2n) is 8.48. The van der Waals surface area contributed by atoms with E-state index in [0.717, 1.165) is 12.5 Å². The van der Waals surface area contributed by atoms with E-state index in [0.29, 0.717) is 0 Å². The van der Waals surface area contributed by atoms with Crippen molar-refractivity contribution >= 4 is 6.08 Å². The van der Waals surface area contributed by atoms with Gasteiger partial charge in [0.05, 0.1) is 6.33 Å². The fourth-order valence-electron chi connectivity index (χ4n) is 4.25. The average molecular weight is 395 g/mol. The molecule has 1 atom stereocenters. The van der Waals surface area contributed by atoms with Crippen LogP contribution in [0.5, 0.6) is 0 Å². The SMILES string of the molecule is C=Cc1ccc(C(CCC)CCCCCCCCCCCCn2ccnc2)cc1. The van der Waals surface area contributed by atoms with E-state index < -0.39 is 0 Å². The van der Waals surface area contributed by atoms with Crippen LogP contribution in [0.3, 0.4) is 0 Å². The van der Waals surface area contributed by atoms with Gasteiger partial charge < -0.3 is 4.57 Å². The van der Waals surface area contributed by atoms with Crippen molar-refractivity contribution in [3.63, 3.8) is 0 Å². The maximum Gasteiger partial charge on any atom is 0.0945 e. The molecule has 0 N–H and O–H groups in total. The van der Waals surface area contributed by atoms with Crippen molar-refractivity contribution in [2.75, 3.05) is 0 Å². The van der Waals surface area contributed by atoms with E-state index in [-0.39, 0.29) is 0 Å². The second-order valence-corrected chi connectivity index (χ2v) is 8.48. The molecule has 0 bridgehead atoms. The van der Waals surface area contributed by atoms with Gasteiger partial charge in [-0.2, -0.15) is 0 Å². The highest BCUT2D eigenvalue weighted by molar-refractivity contribution is 5.47. The molecule has 0 radical (unpaired) electrons. The van der Waals surface area contributed by atoms with Crippen LogP contribution in [0, 0.1) is 0 Å². The molecule has 2 aromatic rings. The van der Waals surface area contributed by atoms with Crippen molar-refractivity contribution in [1.29, 1.82) is 0 Å². The maximum absolute atomic E-state index is 4.09. The Kier molecular flexibility index (Phi) is 12.2. The summed E-state index contributed by atoms with van der Waals surface area (Å²) in [5, 5.41) is 0. The summed E-state index contributed by atoms with van der Waals surface area (Å²) in [4.78, 5) is 4.09. The van der Waals surface area contributed by atoms with E-state index in [1.165, 1.54) is 94.6 Å². The molecule has 2 rings (SSSR count). The highest BCUT2D eigenvalue weighted by atomic mass is 15.0. The van der Waals surface area contributed by atoms with Crippen molar-refractivity contribution in [2.45, 2.75) is 103 Å². The first-order valence-corrected chi connectivity index (χ1v) is 12.0. The van der Waals surface area contributed by atoms with Crippen LogP contribution in [0.25, 0.3) is 6.08 Å². The first kappa shape index (κ1) is 23.4. The quantitative estimate of drug-likeness (QED) is 0.246. The van der Waals surface area contributed by atoms with E-state index in [2.05, 4.69) is 53.5 Å². The van der Waals surface area contributed by atoms with Crippen LogP contribution in [0.4, 0.5) is 0 Å². The van der Waals surface area contributed by atoms with Crippen molar-refractivity contribution in [1.82, 2.24) is 9.55 Å². The fourth-order valence-corrected chi connectivity index (χ4v) is 4.25. The van der Waals surface area contributed by atoms with Gasteiger partial charge >= 0.3 is 0 Å². The Morgan fingerprint density at radius 1 is 0.862 bits per heavy atom. The molecule has 2 nitrogen and oxygen atoms in total. The normalized spacial score (nSPS) is 12.2. The van der Waals surface area contributed by atoms with Crippen LogP contribution in [-0.2, 0) is 6.54 Å². The van der Waals surface area contributed by atoms with E-state index >= 15 is 0 Å². The summed E-state index contributed by atoms with van der Waals surface area (Å²) >= 11 is 0. The Morgan fingerprint density at radius 3 is 2.03 bits per heavy atom. The van der Waals surface area contributed by atoms with Crippen molar-refractivity contribution in [2.24, 2.45) is 0 Å². The molecule has 2 heteroatoms. The summed E-state index contributed by atoms with van der Waals surface area (Å²) in [5.41, 5.74) is 2.74. The summed E-state index contributed by atoms with van der Waals surface area (Å²) < 4.78 is 2.18. The molecule has 0 aliphatic carbocycles. The monoisotopic (exact) mass is 394 g/mol. The largest absolute Gasteiger partial charge is 0.337 e. The smallest absolute Gasteiger partial charge is 0.0945 e. The molecule has 1 aromatic heterocycles. The van der Waals surface area contributed by atoms with Gasteiger partial charge in [0.2, 0.25) is 0 Å². The number of rotatable bonds is 17. The van der Waals surface area contributed by atoms with Gasteiger partial charge in [-0.15, -0.1) is 0 Å². The van der Waals surface area contributed by atoms with Crippen LogP contribution in [0.2, 0.25) is 0 Å². The van der Waals surface area contributed by atoms with Crippen LogP contribution in [0.1, 0.15) is 107 Å². The molecule has 0 saturated carbocycles. The number of nitrogens with zero attached hydrogens (tertiary/aromatic N) is 2. The van der Waals surface area contributed by atoms with Crippen molar-refractivity contribution in [3.8, 4) is 0 Å². The minimum absolute atomic E-state index is 0.737. The lowest BCUT2D eigenvalue weighted by atomic mass is 9.89. The molecule has 0 aliphatic rings. The minimum atomic E-state index is 0.737. The van der Waals surface area contributed by atoms with Crippen LogP contribution in [0.15, 0.2) is 49.6 Å². The number of hydrogen-bond acceptors (Lipinski definition) is 1. The highest BCUT2D eigenvalue weighted by Gasteiger charge is 2.10. The number of imidazole rings is 1. The minimum Gasteiger partial charge on any atom is -0.337 e. The van der Waals surface area contributed by atoms with Crippen LogP contribution in [-0.4, -0.2) is 9.55 Å². The third kappa shape index (κ3) is 9.96. The lowest BCUT2D eigenvalue weighted by molar-refractivity contribution is 0.501. The molecule has 0 spiro atoms. The average Bonchev–Trinajstić information content (AvgIpc) is 3.27. The van der Waals surface area contributed by atoms with E-state index in [4.69, 9.17) is 0 Å². The summed E-state index contributed by atoms with van der Waals surface area (Å²) in [5.74, 6) is 0.737. The van der Waals surface area contributed by atoms with Crippen LogP contribution >= 0.6 is 0 Å². The molecule has 0 fully saturated rings.